The summed E-state index contributed by atoms with van der Waals surface area (Å²) in [5.41, 5.74) is 7.37. The second kappa shape index (κ2) is 13.7. The van der Waals surface area contributed by atoms with Crippen LogP contribution in [0.5, 0.6) is 5.75 Å². The maximum atomic E-state index is 12.9. The van der Waals surface area contributed by atoms with Gasteiger partial charge in [-0.1, -0.05) is 37.3 Å². The first-order valence-corrected chi connectivity index (χ1v) is 13.3. The Labute approximate surface area is 228 Å². The van der Waals surface area contributed by atoms with Crippen LogP contribution in [0.4, 0.5) is 17.5 Å². The molecule has 0 saturated carbocycles. The van der Waals surface area contributed by atoms with Crippen molar-refractivity contribution in [3.63, 3.8) is 0 Å². The molecule has 3 N–H and O–H groups in total. The Kier molecular flexibility index (Phi) is 9.80. The molecule has 0 bridgehead atoms. The first-order valence-electron chi connectivity index (χ1n) is 13.3. The molecule has 2 atom stereocenters. The Morgan fingerprint density at radius 2 is 1.87 bits per heavy atom. The van der Waals surface area contributed by atoms with E-state index >= 15 is 0 Å². The van der Waals surface area contributed by atoms with E-state index in [0.717, 1.165) is 19.4 Å². The molecule has 1 aliphatic heterocycles. The summed E-state index contributed by atoms with van der Waals surface area (Å²) in [5.74, 6) is 1.26. The Balaban J connectivity index is 1.40. The molecule has 0 spiro atoms. The van der Waals surface area contributed by atoms with Crippen molar-refractivity contribution < 1.29 is 19.1 Å². The minimum absolute atomic E-state index is 0.0437. The predicted octanol–water partition coefficient (Wildman–Crippen LogP) is 4.11. The van der Waals surface area contributed by atoms with E-state index in [4.69, 9.17) is 15.2 Å². The number of carbonyl (C=O) groups excluding carboxylic acids is 2. The van der Waals surface area contributed by atoms with Gasteiger partial charge >= 0.3 is 0 Å². The van der Waals surface area contributed by atoms with Crippen molar-refractivity contribution >= 4 is 29.1 Å². The molecule has 2 heterocycles. The number of anilines is 3. The summed E-state index contributed by atoms with van der Waals surface area (Å²) in [5, 5.41) is 11.4. The number of amides is 1. The Morgan fingerprint density at radius 1 is 1.10 bits per heavy atom. The SMILES string of the molecule is COCCOc1ccc(Nc2nc(N3CCC[C@@H](CC(=O)C[C@@H](C)c4ccccc4)C3)nnc2C(N)=O)cc1. The molecule has 0 unspecified atom stereocenters. The average molecular weight is 533 g/mol. The number of nitrogens with zero attached hydrogens (tertiary/aromatic N) is 4. The first-order chi connectivity index (χ1) is 18.9. The molecule has 10 heteroatoms. The van der Waals surface area contributed by atoms with Gasteiger partial charge in [0.1, 0.15) is 18.1 Å². The van der Waals surface area contributed by atoms with Crippen LogP contribution in [0.1, 0.15) is 54.6 Å². The predicted molar refractivity (Wildman–Crippen MR) is 149 cm³/mol. The Morgan fingerprint density at radius 3 is 2.59 bits per heavy atom. The highest BCUT2D eigenvalue weighted by Crippen LogP contribution is 2.27. The zero-order chi connectivity index (χ0) is 27.6. The minimum atomic E-state index is -0.724. The maximum Gasteiger partial charge on any atom is 0.273 e. The van der Waals surface area contributed by atoms with Gasteiger partial charge in [-0.15, -0.1) is 10.2 Å². The van der Waals surface area contributed by atoms with Gasteiger partial charge in [0.15, 0.2) is 11.5 Å². The standard InChI is InChI=1S/C29H36N6O4/c1-20(22-8-4-3-5-9-22)17-24(36)18-21-7-6-14-35(19-21)29-32-28(26(27(30)37)33-34-29)31-23-10-12-25(13-11-23)39-16-15-38-2/h3-5,8-13,20-21H,6-7,14-19H2,1-2H3,(H2,30,37)(H,31,32,34)/t20-,21+/m1/s1. The third kappa shape index (κ3) is 7.97. The number of Topliss-reactive ketones (excluding diaryl/α,β-unsaturated/α-hetero) is 1. The zero-order valence-electron chi connectivity index (χ0n) is 22.5. The number of benzene rings is 2. The highest BCUT2D eigenvalue weighted by molar-refractivity contribution is 5.96. The number of aromatic nitrogens is 3. The highest BCUT2D eigenvalue weighted by atomic mass is 16.5. The smallest absolute Gasteiger partial charge is 0.273 e. The van der Waals surface area contributed by atoms with Crippen LogP contribution >= 0.6 is 0 Å². The Bertz CT molecular complexity index is 1240. The fourth-order valence-corrected chi connectivity index (χ4v) is 4.78. The van der Waals surface area contributed by atoms with Gasteiger partial charge < -0.3 is 25.4 Å². The summed E-state index contributed by atoms with van der Waals surface area (Å²) in [7, 11) is 1.62. The van der Waals surface area contributed by atoms with Crippen molar-refractivity contribution in [3.05, 3.63) is 65.9 Å². The number of methoxy groups -OCH3 is 1. The summed E-state index contributed by atoms with van der Waals surface area (Å²) in [4.78, 5) is 31.5. The molecule has 1 aromatic heterocycles. The molecule has 206 valence electrons. The van der Waals surface area contributed by atoms with Gasteiger partial charge in [-0.05, 0) is 54.5 Å². The van der Waals surface area contributed by atoms with Crippen LogP contribution in [-0.2, 0) is 9.53 Å². The number of hydrogen-bond acceptors (Lipinski definition) is 9. The van der Waals surface area contributed by atoms with Crippen LogP contribution < -0.4 is 20.7 Å². The molecule has 39 heavy (non-hydrogen) atoms. The maximum absolute atomic E-state index is 12.9. The summed E-state index contributed by atoms with van der Waals surface area (Å²) in [6, 6.07) is 17.4. The molecule has 1 fully saturated rings. The molecule has 1 aliphatic rings. The van der Waals surface area contributed by atoms with E-state index in [1.807, 2.05) is 47.4 Å². The zero-order valence-corrected chi connectivity index (χ0v) is 22.5. The van der Waals surface area contributed by atoms with E-state index in [2.05, 4.69) is 39.6 Å². The number of ketones is 1. The number of rotatable bonds is 13. The van der Waals surface area contributed by atoms with Gasteiger partial charge in [0, 0.05) is 38.7 Å². The number of carbonyl (C=O) groups is 2. The quantitative estimate of drug-likeness (QED) is 0.312. The van der Waals surface area contributed by atoms with E-state index in [0.29, 0.717) is 50.0 Å². The third-order valence-electron chi connectivity index (χ3n) is 6.80. The summed E-state index contributed by atoms with van der Waals surface area (Å²) >= 11 is 0. The van der Waals surface area contributed by atoms with Crippen molar-refractivity contribution in [2.24, 2.45) is 11.7 Å². The summed E-state index contributed by atoms with van der Waals surface area (Å²) in [6.45, 7) is 4.43. The van der Waals surface area contributed by atoms with E-state index in [9.17, 15) is 9.59 Å². The van der Waals surface area contributed by atoms with E-state index in [-0.39, 0.29) is 29.1 Å². The van der Waals surface area contributed by atoms with Crippen molar-refractivity contribution in [2.45, 2.75) is 38.5 Å². The lowest BCUT2D eigenvalue weighted by atomic mass is 9.88. The van der Waals surface area contributed by atoms with Crippen LogP contribution in [0.25, 0.3) is 0 Å². The van der Waals surface area contributed by atoms with Gasteiger partial charge in [0.05, 0.1) is 6.61 Å². The second-order valence-electron chi connectivity index (χ2n) is 9.88. The number of hydrogen-bond donors (Lipinski definition) is 2. The van der Waals surface area contributed by atoms with Gasteiger partial charge in [0.2, 0.25) is 5.95 Å². The van der Waals surface area contributed by atoms with Crippen molar-refractivity contribution in [1.82, 2.24) is 15.2 Å². The summed E-state index contributed by atoms with van der Waals surface area (Å²) < 4.78 is 10.6. The van der Waals surface area contributed by atoms with E-state index in [1.165, 1.54) is 5.56 Å². The fraction of sp³-hybridized carbons (Fsp3) is 0.414. The second-order valence-corrected chi connectivity index (χ2v) is 9.88. The van der Waals surface area contributed by atoms with Crippen LogP contribution in [0.15, 0.2) is 54.6 Å². The lowest BCUT2D eigenvalue weighted by Crippen LogP contribution is -2.38. The van der Waals surface area contributed by atoms with Crippen LogP contribution in [0.3, 0.4) is 0 Å². The molecule has 4 rings (SSSR count). The molecular formula is C29H36N6O4. The van der Waals surface area contributed by atoms with Crippen molar-refractivity contribution in [3.8, 4) is 5.75 Å². The van der Waals surface area contributed by atoms with Gasteiger partial charge in [-0.25, -0.2) is 0 Å². The molecule has 0 aliphatic carbocycles. The molecule has 2 aromatic carbocycles. The van der Waals surface area contributed by atoms with Crippen LogP contribution in [0, 0.1) is 5.92 Å². The monoisotopic (exact) mass is 532 g/mol. The number of ether oxygens (including phenoxy) is 2. The molecule has 3 aromatic rings. The number of primary amides is 1. The van der Waals surface area contributed by atoms with Gasteiger partial charge in [-0.2, -0.15) is 4.98 Å². The topological polar surface area (TPSA) is 133 Å². The van der Waals surface area contributed by atoms with Gasteiger partial charge in [0.25, 0.3) is 5.91 Å². The number of nitrogens with one attached hydrogen (secondary N) is 1. The van der Waals surface area contributed by atoms with Crippen molar-refractivity contribution in [1.29, 1.82) is 0 Å². The average Bonchev–Trinajstić information content (AvgIpc) is 2.94. The van der Waals surface area contributed by atoms with Gasteiger partial charge in [-0.3, -0.25) is 9.59 Å². The van der Waals surface area contributed by atoms with Crippen LogP contribution in [0.2, 0.25) is 0 Å². The molecule has 1 amide bonds. The van der Waals surface area contributed by atoms with Crippen LogP contribution in [-0.4, -0.2) is 60.3 Å². The largest absolute Gasteiger partial charge is 0.491 e. The highest BCUT2D eigenvalue weighted by Gasteiger charge is 2.26. The molecule has 10 nitrogen and oxygen atoms in total. The van der Waals surface area contributed by atoms with E-state index < -0.39 is 5.91 Å². The lowest BCUT2D eigenvalue weighted by molar-refractivity contribution is -0.120. The third-order valence-corrected chi connectivity index (χ3v) is 6.80. The first kappa shape index (κ1) is 28.0. The minimum Gasteiger partial charge on any atom is -0.491 e. The van der Waals surface area contributed by atoms with Crippen molar-refractivity contribution in [2.75, 3.05) is 43.6 Å². The molecule has 0 radical (unpaired) electrons. The summed E-state index contributed by atoms with van der Waals surface area (Å²) in [6.07, 6.45) is 2.93. The normalized spacial score (nSPS) is 15.9. The number of nitrogens with two attached hydrogens (primary N) is 1. The fourth-order valence-electron chi connectivity index (χ4n) is 4.78. The number of piperidine rings is 1. The Hall–Kier alpha value is -4.05. The molecular weight excluding hydrogens is 496 g/mol. The molecule has 1 saturated heterocycles. The van der Waals surface area contributed by atoms with E-state index in [1.54, 1.807) is 7.11 Å². The lowest BCUT2D eigenvalue weighted by Gasteiger charge is -2.32.